The number of hydrogen-bond acceptors (Lipinski definition) is 3. The molecule has 0 saturated heterocycles. The van der Waals surface area contributed by atoms with Crippen LogP contribution < -0.4 is 10.6 Å². The molecule has 3 N–H and O–H groups in total. The van der Waals surface area contributed by atoms with Gasteiger partial charge in [-0.25, -0.2) is 9.59 Å². The highest BCUT2D eigenvalue weighted by atomic mass is 79.9. The van der Waals surface area contributed by atoms with Gasteiger partial charge in [0, 0.05) is 29.0 Å². The minimum Gasteiger partial charge on any atom is -0.480 e. The maximum absolute atomic E-state index is 12.8. The van der Waals surface area contributed by atoms with Gasteiger partial charge in [0.15, 0.2) is 0 Å². The van der Waals surface area contributed by atoms with Gasteiger partial charge in [-0.3, -0.25) is 4.98 Å². The number of nitrogens with zero attached hydrogens (tertiary/aromatic N) is 1. The molecule has 2 aromatic rings. The van der Waals surface area contributed by atoms with Gasteiger partial charge in [-0.05, 0) is 35.9 Å². The number of anilines is 1. The highest BCUT2D eigenvalue weighted by Gasteiger charge is 2.31. The van der Waals surface area contributed by atoms with E-state index in [1.807, 2.05) is 0 Å². The molecule has 1 unspecified atom stereocenters. The minimum atomic E-state index is -4.58. The van der Waals surface area contributed by atoms with Gasteiger partial charge in [-0.1, -0.05) is 15.9 Å². The molecule has 6 nitrogen and oxygen atoms in total. The van der Waals surface area contributed by atoms with Gasteiger partial charge >= 0.3 is 18.2 Å². The molecule has 0 aliphatic heterocycles. The number of benzene rings is 1. The van der Waals surface area contributed by atoms with Crippen LogP contribution in [0.5, 0.6) is 0 Å². The van der Waals surface area contributed by atoms with Crippen molar-refractivity contribution in [3.05, 3.63) is 58.3 Å². The Hall–Kier alpha value is -2.62. The van der Waals surface area contributed by atoms with Gasteiger partial charge < -0.3 is 15.7 Å². The molecule has 0 radical (unpaired) electrons. The molecule has 0 aliphatic rings. The number of carbonyl (C=O) groups is 2. The molecule has 0 fully saturated rings. The van der Waals surface area contributed by atoms with E-state index >= 15 is 0 Å². The van der Waals surface area contributed by atoms with Crippen molar-refractivity contribution in [3.8, 4) is 0 Å². The molecule has 1 atom stereocenters. The van der Waals surface area contributed by atoms with E-state index in [0.717, 1.165) is 12.1 Å². The largest absolute Gasteiger partial charge is 0.480 e. The van der Waals surface area contributed by atoms with Gasteiger partial charge in [-0.2, -0.15) is 13.2 Å². The first-order valence-electron chi connectivity index (χ1n) is 7.22. The molecule has 0 aliphatic carbocycles. The summed E-state index contributed by atoms with van der Waals surface area (Å²) in [6.07, 6.45) is -1.62. The van der Waals surface area contributed by atoms with E-state index in [4.69, 9.17) is 0 Å². The van der Waals surface area contributed by atoms with E-state index in [2.05, 4.69) is 31.5 Å². The van der Waals surface area contributed by atoms with Crippen molar-refractivity contribution in [2.75, 3.05) is 5.32 Å². The fraction of sp³-hybridized carbons (Fsp3) is 0.188. The number of alkyl halides is 3. The van der Waals surface area contributed by atoms with Crippen LogP contribution in [0.2, 0.25) is 0 Å². The standard InChI is InChI=1S/C16H13BrF3N3O3/c17-11-6-10(16(18,19)20)7-12(8-11)22-15(26)23-13(14(24)25)5-9-1-3-21-4-2-9/h1-4,6-8,13H,5H2,(H,24,25)(H2,22,23,26). The van der Waals surface area contributed by atoms with E-state index in [-0.39, 0.29) is 16.6 Å². The Bertz CT molecular complexity index is 800. The van der Waals surface area contributed by atoms with Crippen molar-refractivity contribution in [1.29, 1.82) is 0 Å². The topological polar surface area (TPSA) is 91.3 Å². The van der Waals surface area contributed by atoms with Crippen LogP contribution >= 0.6 is 15.9 Å². The quantitative estimate of drug-likeness (QED) is 0.673. The third-order valence-electron chi connectivity index (χ3n) is 3.28. The fourth-order valence-electron chi connectivity index (χ4n) is 2.11. The lowest BCUT2D eigenvalue weighted by Crippen LogP contribution is -2.44. The average molecular weight is 432 g/mol. The van der Waals surface area contributed by atoms with E-state index in [1.165, 1.54) is 18.5 Å². The summed E-state index contributed by atoms with van der Waals surface area (Å²) >= 11 is 2.94. The normalized spacial score (nSPS) is 12.3. The number of urea groups is 1. The summed E-state index contributed by atoms with van der Waals surface area (Å²) in [5.41, 5.74) is -0.444. The first kappa shape index (κ1) is 19.7. The number of aliphatic carboxylic acids is 1. The summed E-state index contributed by atoms with van der Waals surface area (Å²) in [6, 6.07) is 3.89. The monoisotopic (exact) mass is 431 g/mol. The van der Waals surface area contributed by atoms with Crippen LogP contribution in [0.15, 0.2) is 47.2 Å². The molecule has 138 valence electrons. The number of pyridine rings is 1. The lowest BCUT2D eigenvalue weighted by molar-refractivity contribution is -0.139. The number of rotatable bonds is 5. The molecule has 2 rings (SSSR count). The van der Waals surface area contributed by atoms with Crippen molar-refractivity contribution in [2.24, 2.45) is 0 Å². The van der Waals surface area contributed by atoms with Crippen molar-refractivity contribution < 1.29 is 27.9 Å². The summed E-state index contributed by atoms with van der Waals surface area (Å²) in [4.78, 5) is 27.1. The zero-order valence-electron chi connectivity index (χ0n) is 13.0. The Balaban J connectivity index is 2.09. The number of hydrogen-bond donors (Lipinski definition) is 3. The van der Waals surface area contributed by atoms with E-state index in [1.54, 1.807) is 12.1 Å². The first-order chi connectivity index (χ1) is 12.1. The number of aromatic nitrogens is 1. The first-order valence-corrected chi connectivity index (χ1v) is 8.01. The van der Waals surface area contributed by atoms with Crippen LogP contribution in [0.1, 0.15) is 11.1 Å². The van der Waals surface area contributed by atoms with Crippen molar-refractivity contribution >= 4 is 33.6 Å². The molecule has 26 heavy (non-hydrogen) atoms. The Morgan fingerprint density at radius 2 is 1.85 bits per heavy atom. The molecule has 10 heteroatoms. The molecule has 0 spiro atoms. The second-order valence-corrected chi connectivity index (χ2v) is 6.19. The Morgan fingerprint density at radius 1 is 1.19 bits per heavy atom. The molecule has 0 saturated carbocycles. The highest BCUT2D eigenvalue weighted by molar-refractivity contribution is 9.10. The minimum absolute atomic E-state index is 0.00242. The lowest BCUT2D eigenvalue weighted by Gasteiger charge is -2.16. The van der Waals surface area contributed by atoms with E-state index in [9.17, 15) is 27.9 Å². The van der Waals surface area contributed by atoms with Crippen molar-refractivity contribution in [3.63, 3.8) is 0 Å². The molecule has 1 aromatic carbocycles. The Morgan fingerprint density at radius 3 is 2.42 bits per heavy atom. The number of carboxylic acid groups (broad SMARTS) is 1. The van der Waals surface area contributed by atoms with Crippen LogP contribution in [0, 0.1) is 0 Å². The smallest absolute Gasteiger partial charge is 0.416 e. The van der Waals surface area contributed by atoms with Gasteiger partial charge in [0.1, 0.15) is 6.04 Å². The zero-order valence-corrected chi connectivity index (χ0v) is 14.6. The summed E-state index contributed by atoms with van der Waals surface area (Å²) < 4.78 is 38.6. The number of halogens is 4. The molecule has 0 bridgehead atoms. The Kier molecular flexibility index (Phi) is 6.19. The van der Waals surface area contributed by atoms with Gasteiger partial charge in [0.25, 0.3) is 0 Å². The molecule has 1 heterocycles. The molecular weight excluding hydrogens is 419 g/mol. The lowest BCUT2D eigenvalue weighted by atomic mass is 10.1. The Labute approximate surface area is 154 Å². The van der Waals surface area contributed by atoms with Crippen LogP contribution in [-0.4, -0.2) is 28.1 Å². The van der Waals surface area contributed by atoms with Crippen LogP contribution in [-0.2, 0) is 17.4 Å². The highest BCUT2D eigenvalue weighted by Crippen LogP contribution is 2.33. The number of amides is 2. The van der Waals surface area contributed by atoms with E-state index < -0.39 is 29.8 Å². The summed E-state index contributed by atoms with van der Waals surface area (Å²) in [6.45, 7) is 0. The second kappa shape index (κ2) is 8.17. The predicted molar refractivity (Wildman–Crippen MR) is 90.7 cm³/mol. The van der Waals surface area contributed by atoms with Gasteiger partial charge in [0.05, 0.1) is 5.56 Å². The number of carbonyl (C=O) groups excluding carboxylic acids is 1. The van der Waals surface area contributed by atoms with Crippen molar-refractivity contribution in [2.45, 2.75) is 18.6 Å². The summed E-state index contributed by atoms with van der Waals surface area (Å²) in [5, 5.41) is 13.7. The van der Waals surface area contributed by atoms with Gasteiger partial charge in [-0.15, -0.1) is 0 Å². The maximum atomic E-state index is 12.8. The van der Waals surface area contributed by atoms with Crippen LogP contribution in [0.3, 0.4) is 0 Å². The van der Waals surface area contributed by atoms with E-state index in [0.29, 0.717) is 5.56 Å². The molecule has 1 aromatic heterocycles. The van der Waals surface area contributed by atoms with Crippen molar-refractivity contribution in [1.82, 2.24) is 10.3 Å². The molecule has 2 amide bonds. The third-order valence-corrected chi connectivity index (χ3v) is 3.73. The van der Waals surface area contributed by atoms with Crippen LogP contribution in [0.4, 0.5) is 23.7 Å². The summed E-state index contributed by atoms with van der Waals surface area (Å²) in [7, 11) is 0. The number of carboxylic acids is 1. The predicted octanol–water partition coefficient (Wildman–Crippen LogP) is 3.68. The summed E-state index contributed by atoms with van der Waals surface area (Å²) in [5.74, 6) is -1.28. The number of nitrogens with one attached hydrogen (secondary N) is 2. The third kappa shape index (κ3) is 5.73. The maximum Gasteiger partial charge on any atom is 0.416 e. The fourth-order valence-corrected chi connectivity index (χ4v) is 2.60. The zero-order chi connectivity index (χ0) is 19.3. The SMILES string of the molecule is O=C(Nc1cc(Br)cc(C(F)(F)F)c1)NC(Cc1ccncc1)C(=O)O. The molecular formula is C16H13BrF3N3O3. The second-order valence-electron chi connectivity index (χ2n) is 5.28. The van der Waals surface area contributed by atoms with Gasteiger partial charge in [0.2, 0.25) is 0 Å². The van der Waals surface area contributed by atoms with Crippen LogP contribution in [0.25, 0.3) is 0 Å². The average Bonchev–Trinajstić information content (AvgIpc) is 2.53.